The average Bonchev–Trinajstić information content (AvgIpc) is 2.72. The maximum absolute atomic E-state index is 3.48. The number of hydrogen-bond donors (Lipinski definition) is 1. The fourth-order valence-corrected chi connectivity index (χ4v) is 3.00. The summed E-state index contributed by atoms with van der Waals surface area (Å²) in [5.41, 5.74) is 0.648. The number of nitrogens with one attached hydrogen (secondary N) is 1. The Morgan fingerprint density at radius 3 is 2.36 bits per heavy atom. The summed E-state index contributed by atoms with van der Waals surface area (Å²) >= 11 is 0. The first-order chi connectivity index (χ1) is 6.85. The molecule has 2 saturated heterocycles. The van der Waals surface area contributed by atoms with Crippen molar-refractivity contribution in [3.05, 3.63) is 0 Å². The Bertz CT molecular complexity index is 167. The first kappa shape index (κ1) is 10.4. The van der Waals surface area contributed by atoms with Crippen LogP contribution in [-0.4, -0.2) is 37.6 Å². The molecule has 2 heterocycles. The molecule has 2 aliphatic rings. The molecule has 2 nitrogen and oxygen atoms in total. The molecule has 82 valence electrons. The highest BCUT2D eigenvalue weighted by Gasteiger charge is 2.32. The zero-order chi connectivity index (χ0) is 9.86. The van der Waals surface area contributed by atoms with E-state index >= 15 is 0 Å². The Morgan fingerprint density at radius 1 is 1.14 bits per heavy atom. The molecule has 2 rings (SSSR count). The van der Waals surface area contributed by atoms with Crippen LogP contribution in [0.1, 0.15) is 39.0 Å². The molecule has 0 bridgehead atoms. The molecule has 2 heteroatoms. The van der Waals surface area contributed by atoms with Crippen molar-refractivity contribution in [2.24, 2.45) is 5.41 Å². The van der Waals surface area contributed by atoms with E-state index in [9.17, 15) is 0 Å². The van der Waals surface area contributed by atoms with E-state index in [2.05, 4.69) is 17.1 Å². The van der Waals surface area contributed by atoms with E-state index in [1.165, 1.54) is 64.8 Å². The number of rotatable bonds is 3. The van der Waals surface area contributed by atoms with Crippen LogP contribution in [0.2, 0.25) is 0 Å². The van der Waals surface area contributed by atoms with Crippen molar-refractivity contribution in [1.82, 2.24) is 10.2 Å². The number of piperidine rings is 1. The van der Waals surface area contributed by atoms with Gasteiger partial charge in [0.2, 0.25) is 0 Å². The maximum atomic E-state index is 3.48. The lowest BCUT2D eigenvalue weighted by Gasteiger charge is -2.39. The van der Waals surface area contributed by atoms with E-state index in [1.807, 2.05) is 0 Å². The largest absolute Gasteiger partial charge is 0.317 e. The predicted octanol–water partition coefficient (Wildman–Crippen LogP) is 1.86. The third-order valence-corrected chi connectivity index (χ3v) is 4.17. The molecule has 0 radical (unpaired) electrons. The second-order valence-corrected chi connectivity index (χ2v) is 5.09. The van der Waals surface area contributed by atoms with Gasteiger partial charge in [-0.3, -0.25) is 0 Å². The van der Waals surface area contributed by atoms with Crippen LogP contribution >= 0.6 is 0 Å². The van der Waals surface area contributed by atoms with Crippen LogP contribution in [-0.2, 0) is 0 Å². The second-order valence-electron chi connectivity index (χ2n) is 5.09. The zero-order valence-corrected chi connectivity index (χ0v) is 9.52. The molecule has 2 aliphatic heterocycles. The van der Waals surface area contributed by atoms with Gasteiger partial charge in [0.15, 0.2) is 0 Å². The molecule has 0 unspecified atom stereocenters. The highest BCUT2D eigenvalue weighted by molar-refractivity contribution is 4.87. The first-order valence-electron chi connectivity index (χ1n) is 6.28. The molecule has 0 aromatic heterocycles. The molecule has 14 heavy (non-hydrogen) atoms. The average molecular weight is 196 g/mol. The minimum atomic E-state index is 0.648. The normalized spacial score (nSPS) is 28.1. The first-order valence-corrected chi connectivity index (χ1v) is 6.28. The van der Waals surface area contributed by atoms with Gasteiger partial charge < -0.3 is 10.2 Å². The van der Waals surface area contributed by atoms with Crippen molar-refractivity contribution in [3.63, 3.8) is 0 Å². The highest BCUT2D eigenvalue weighted by Crippen LogP contribution is 2.34. The van der Waals surface area contributed by atoms with Gasteiger partial charge in [-0.1, -0.05) is 6.92 Å². The molecule has 1 N–H and O–H groups in total. The molecule has 2 fully saturated rings. The van der Waals surface area contributed by atoms with Gasteiger partial charge in [-0.15, -0.1) is 0 Å². The van der Waals surface area contributed by atoms with Crippen molar-refractivity contribution in [2.45, 2.75) is 39.0 Å². The monoisotopic (exact) mass is 196 g/mol. The minimum Gasteiger partial charge on any atom is -0.317 e. The van der Waals surface area contributed by atoms with Crippen LogP contribution in [0.15, 0.2) is 0 Å². The molecule has 0 aromatic carbocycles. The topological polar surface area (TPSA) is 15.3 Å². The van der Waals surface area contributed by atoms with Gasteiger partial charge in [-0.05, 0) is 63.7 Å². The van der Waals surface area contributed by atoms with Gasteiger partial charge in [0.1, 0.15) is 0 Å². The van der Waals surface area contributed by atoms with Gasteiger partial charge in [0.25, 0.3) is 0 Å². The fourth-order valence-electron chi connectivity index (χ4n) is 3.00. The van der Waals surface area contributed by atoms with Gasteiger partial charge in [-0.25, -0.2) is 0 Å². The molecular weight excluding hydrogens is 172 g/mol. The Kier molecular flexibility index (Phi) is 3.45. The van der Waals surface area contributed by atoms with Gasteiger partial charge in [-0.2, -0.15) is 0 Å². The second kappa shape index (κ2) is 4.63. The van der Waals surface area contributed by atoms with E-state index in [0.717, 1.165) is 0 Å². The van der Waals surface area contributed by atoms with Crippen LogP contribution in [0, 0.1) is 5.41 Å². The zero-order valence-electron chi connectivity index (χ0n) is 9.52. The van der Waals surface area contributed by atoms with Crippen molar-refractivity contribution in [3.8, 4) is 0 Å². The van der Waals surface area contributed by atoms with Crippen LogP contribution < -0.4 is 5.32 Å². The third-order valence-electron chi connectivity index (χ3n) is 4.17. The van der Waals surface area contributed by atoms with Crippen LogP contribution in [0.5, 0.6) is 0 Å². The molecule has 0 saturated carbocycles. The molecule has 0 aromatic rings. The van der Waals surface area contributed by atoms with Crippen LogP contribution in [0.3, 0.4) is 0 Å². The summed E-state index contributed by atoms with van der Waals surface area (Å²) in [7, 11) is 0. The summed E-state index contributed by atoms with van der Waals surface area (Å²) in [5.74, 6) is 0. The molecular formula is C12H24N2. The quantitative estimate of drug-likeness (QED) is 0.741. The smallest absolute Gasteiger partial charge is 0.00388 e. The summed E-state index contributed by atoms with van der Waals surface area (Å²) < 4.78 is 0. The van der Waals surface area contributed by atoms with Crippen molar-refractivity contribution < 1.29 is 0 Å². The molecule has 0 aliphatic carbocycles. The van der Waals surface area contributed by atoms with Gasteiger partial charge >= 0.3 is 0 Å². The summed E-state index contributed by atoms with van der Waals surface area (Å²) in [6.07, 6.45) is 7.00. The van der Waals surface area contributed by atoms with Crippen molar-refractivity contribution in [2.75, 3.05) is 32.7 Å². The number of nitrogens with zero attached hydrogens (tertiary/aromatic N) is 1. The number of likely N-dealkylation sites (tertiary alicyclic amines) is 1. The lowest BCUT2D eigenvalue weighted by molar-refractivity contribution is 0.122. The van der Waals surface area contributed by atoms with Crippen molar-refractivity contribution >= 4 is 0 Å². The Balaban J connectivity index is 1.89. The standard InChI is InChI=1S/C12H24N2/c1-2-12(5-7-13-8-6-12)11-14-9-3-4-10-14/h13H,2-11H2,1H3. The van der Waals surface area contributed by atoms with E-state index in [0.29, 0.717) is 5.41 Å². The fraction of sp³-hybridized carbons (Fsp3) is 1.00. The van der Waals surface area contributed by atoms with E-state index in [4.69, 9.17) is 0 Å². The van der Waals surface area contributed by atoms with Crippen molar-refractivity contribution in [1.29, 1.82) is 0 Å². The van der Waals surface area contributed by atoms with E-state index in [1.54, 1.807) is 0 Å². The maximum Gasteiger partial charge on any atom is 0.00388 e. The van der Waals surface area contributed by atoms with Crippen LogP contribution in [0.25, 0.3) is 0 Å². The number of hydrogen-bond acceptors (Lipinski definition) is 2. The Morgan fingerprint density at radius 2 is 1.79 bits per heavy atom. The Hall–Kier alpha value is -0.0800. The lowest BCUT2D eigenvalue weighted by atomic mass is 9.76. The van der Waals surface area contributed by atoms with Gasteiger partial charge in [0.05, 0.1) is 0 Å². The predicted molar refractivity (Wildman–Crippen MR) is 60.5 cm³/mol. The summed E-state index contributed by atoms with van der Waals surface area (Å²) in [4.78, 5) is 2.69. The molecule has 0 amide bonds. The SMILES string of the molecule is CCC1(CN2CCCC2)CCNCC1. The van der Waals surface area contributed by atoms with Crippen LogP contribution in [0.4, 0.5) is 0 Å². The summed E-state index contributed by atoms with van der Waals surface area (Å²) in [6.45, 7) is 8.93. The lowest BCUT2D eigenvalue weighted by Crippen LogP contribution is -2.43. The highest BCUT2D eigenvalue weighted by atomic mass is 15.1. The molecule has 0 atom stereocenters. The summed E-state index contributed by atoms with van der Waals surface area (Å²) in [6, 6.07) is 0. The summed E-state index contributed by atoms with van der Waals surface area (Å²) in [5, 5.41) is 3.48. The van der Waals surface area contributed by atoms with E-state index < -0.39 is 0 Å². The van der Waals surface area contributed by atoms with E-state index in [-0.39, 0.29) is 0 Å². The molecule has 0 spiro atoms. The van der Waals surface area contributed by atoms with Gasteiger partial charge in [0, 0.05) is 6.54 Å². The minimum absolute atomic E-state index is 0.648. The third kappa shape index (κ3) is 2.29. The Labute approximate surface area is 88.1 Å².